The van der Waals surface area contributed by atoms with Crippen LogP contribution in [-0.2, 0) is 0 Å². The van der Waals surface area contributed by atoms with Gasteiger partial charge in [-0.3, -0.25) is 0 Å². The van der Waals surface area contributed by atoms with Crippen molar-refractivity contribution in [2.45, 2.75) is 0 Å². The van der Waals surface area contributed by atoms with Gasteiger partial charge in [0.15, 0.2) is 0 Å². The summed E-state index contributed by atoms with van der Waals surface area (Å²) in [6, 6.07) is 0. The first-order chi connectivity index (χ1) is 3.12. The van der Waals surface area contributed by atoms with Crippen LogP contribution >= 0.6 is 0 Å². The second kappa shape index (κ2) is 1.81. The molecular formula is C3H9N4+. The molecule has 4 nitrogen and oxygen atoms in total. The van der Waals surface area contributed by atoms with E-state index in [0.717, 1.165) is 0 Å². The summed E-state index contributed by atoms with van der Waals surface area (Å²) in [5.41, 5.74) is 0. The van der Waals surface area contributed by atoms with Gasteiger partial charge in [0, 0.05) is 0 Å². The molecule has 0 aromatic rings. The predicted molar refractivity (Wildman–Crippen MR) is 29.5 cm³/mol. The van der Waals surface area contributed by atoms with Crippen molar-refractivity contribution >= 4 is 13.4 Å². The van der Waals surface area contributed by atoms with Crippen LogP contribution < -0.4 is 5.84 Å². The molecule has 7 heavy (non-hydrogen) atoms. The number of rotatable bonds is 2. The quantitative estimate of drug-likeness (QED) is 0.217. The minimum Gasteiger partial charge on any atom is -0.127 e. The van der Waals surface area contributed by atoms with Crippen molar-refractivity contribution in [1.82, 2.24) is 0 Å². The first-order valence-electron chi connectivity index (χ1n) is 1.74. The summed E-state index contributed by atoms with van der Waals surface area (Å²) in [5, 5.41) is 6.75. The fourth-order valence-corrected chi connectivity index (χ4v) is 0.0447. The SMILES string of the molecule is C=N[N+](C)(N)N=C. The van der Waals surface area contributed by atoms with Crippen LogP contribution in [0.1, 0.15) is 0 Å². The average Bonchev–Trinajstić information content (AvgIpc) is 1.68. The van der Waals surface area contributed by atoms with Crippen LogP contribution in [-0.4, -0.2) is 25.3 Å². The van der Waals surface area contributed by atoms with E-state index in [-0.39, 0.29) is 4.81 Å². The van der Waals surface area contributed by atoms with E-state index in [4.69, 9.17) is 5.84 Å². The Morgan fingerprint density at radius 3 is 1.71 bits per heavy atom. The van der Waals surface area contributed by atoms with Crippen molar-refractivity contribution in [1.29, 1.82) is 0 Å². The van der Waals surface area contributed by atoms with E-state index in [9.17, 15) is 0 Å². The molecule has 0 saturated heterocycles. The van der Waals surface area contributed by atoms with E-state index in [0.29, 0.717) is 0 Å². The fraction of sp³-hybridized carbons (Fsp3) is 0.333. The molecule has 0 aliphatic heterocycles. The van der Waals surface area contributed by atoms with Gasteiger partial charge in [-0.25, -0.2) is 0 Å². The van der Waals surface area contributed by atoms with Gasteiger partial charge in [0.1, 0.15) is 7.05 Å². The Balaban J connectivity index is 3.82. The molecule has 0 atom stereocenters. The van der Waals surface area contributed by atoms with E-state index in [1.165, 1.54) is 0 Å². The van der Waals surface area contributed by atoms with Crippen LogP contribution in [0.25, 0.3) is 0 Å². The highest BCUT2D eigenvalue weighted by molar-refractivity contribution is 5.22. The molecule has 0 aromatic carbocycles. The largest absolute Gasteiger partial charge is 0.140 e. The van der Waals surface area contributed by atoms with Gasteiger partial charge in [-0.2, -0.15) is 0 Å². The van der Waals surface area contributed by atoms with Crippen molar-refractivity contribution in [2.24, 2.45) is 16.0 Å². The third kappa shape index (κ3) is 2.02. The van der Waals surface area contributed by atoms with Crippen molar-refractivity contribution < 1.29 is 4.81 Å². The van der Waals surface area contributed by atoms with Crippen LogP contribution in [0, 0.1) is 0 Å². The Morgan fingerprint density at radius 1 is 1.43 bits per heavy atom. The molecule has 0 rings (SSSR count). The lowest BCUT2D eigenvalue weighted by molar-refractivity contribution is -0.933. The molecule has 40 valence electrons. The number of quaternary nitrogens is 1. The molecule has 4 heteroatoms. The molecule has 0 amide bonds. The second-order valence-corrected chi connectivity index (χ2v) is 1.26. The molecule has 0 radical (unpaired) electrons. The number of nitrogens with zero attached hydrogens (tertiary/aromatic N) is 3. The van der Waals surface area contributed by atoms with Crippen molar-refractivity contribution in [3.8, 4) is 0 Å². The molecule has 0 aliphatic rings. The number of hydrogen-bond donors (Lipinski definition) is 1. The lowest BCUT2D eigenvalue weighted by Crippen LogP contribution is -2.39. The molecule has 0 spiro atoms. The maximum Gasteiger partial charge on any atom is 0.140 e. The van der Waals surface area contributed by atoms with Gasteiger partial charge >= 0.3 is 0 Å². The Labute approximate surface area is 42.5 Å². The number of hydrogen-bond acceptors (Lipinski definition) is 3. The van der Waals surface area contributed by atoms with Crippen molar-refractivity contribution in [2.75, 3.05) is 7.05 Å². The normalized spacial score (nSPS) is 10.6. The summed E-state index contributed by atoms with van der Waals surface area (Å²) < 4.78 is 0. The summed E-state index contributed by atoms with van der Waals surface area (Å²) in [6.45, 7) is 6.33. The zero-order chi connectivity index (χ0) is 5.91. The topological polar surface area (TPSA) is 50.7 Å². The Kier molecular flexibility index (Phi) is 1.62. The summed E-state index contributed by atoms with van der Waals surface area (Å²) >= 11 is 0. The molecule has 2 N–H and O–H groups in total. The maximum atomic E-state index is 5.19. The Hall–Kier alpha value is -0.740. The van der Waals surface area contributed by atoms with Crippen LogP contribution in [0.3, 0.4) is 0 Å². The lowest BCUT2D eigenvalue weighted by Gasteiger charge is -2.08. The van der Waals surface area contributed by atoms with E-state index in [1.807, 2.05) is 0 Å². The summed E-state index contributed by atoms with van der Waals surface area (Å²) in [7, 11) is 1.56. The minimum absolute atomic E-state index is 0.333. The van der Waals surface area contributed by atoms with Crippen molar-refractivity contribution in [3.05, 3.63) is 0 Å². The molecule has 0 saturated carbocycles. The van der Waals surface area contributed by atoms with Crippen LogP contribution in [0.15, 0.2) is 10.2 Å². The Bertz CT molecular complexity index is 74.9. The third-order valence-corrected chi connectivity index (χ3v) is 0.573. The van der Waals surface area contributed by atoms with E-state index < -0.39 is 0 Å². The summed E-state index contributed by atoms with van der Waals surface area (Å²) in [4.78, 5) is -0.333. The highest BCUT2D eigenvalue weighted by Crippen LogP contribution is 1.87. The van der Waals surface area contributed by atoms with Gasteiger partial charge < -0.3 is 0 Å². The van der Waals surface area contributed by atoms with Crippen LogP contribution in [0.5, 0.6) is 0 Å². The first kappa shape index (κ1) is 6.26. The summed E-state index contributed by atoms with van der Waals surface area (Å²) in [5.74, 6) is 5.19. The molecular weight excluding hydrogens is 92.1 g/mol. The van der Waals surface area contributed by atoms with E-state index in [2.05, 4.69) is 23.6 Å². The lowest BCUT2D eigenvalue weighted by atomic mass is 11.3. The second-order valence-electron chi connectivity index (χ2n) is 1.26. The summed E-state index contributed by atoms with van der Waals surface area (Å²) in [6.07, 6.45) is 0. The van der Waals surface area contributed by atoms with Gasteiger partial charge in [0.2, 0.25) is 0 Å². The highest BCUT2D eigenvalue weighted by atomic mass is 15.9. The zero-order valence-electron chi connectivity index (χ0n) is 4.33. The van der Waals surface area contributed by atoms with Gasteiger partial charge in [-0.15, -0.1) is 5.84 Å². The van der Waals surface area contributed by atoms with E-state index >= 15 is 0 Å². The highest BCUT2D eigenvalue weighted by Gasteiger charge is 2.05. The zero-order valence-corrected chi connectivity index (χ0v) is 4.33. The van der Waals surface area contributed by atoms with Gasteiger partial charge in [-0.1, -0.05) is 0 Å². The average molecular weight is 101 g/mol. The minimum atomic E-state index is -0.333. The molecule has 0 unspecified atom stereocenters. The molecule has 0 fully saturated rings. The standard InChI is InChI=1S/C3H9N4/c1-5-7(3,4)6-2/h1-2,4H2,3H3/q+1. The molecule has 0 bridgehead atoms. The number of nitrogens with two attached hydrogens (primary N) is 1. The molecule has 0 aliphatic carbocycles. The monoisotopic (exact) mass is 101 g/mol. The van der Waals surface area contributed by atoms with Crippen LogP contribution in [0.4, 0.5) is 0 Å². The van der Waals surface area contributed by atoms with Crippen LogP contribution in [0.2, 0.25) is 0 Å². The first-order valence-corrected chi connectivity index (χ1v) is 1.74. The fourth-order valence-electron chi connectivity index (χ4n) is 0.0447. The van der Waals surface area contributed by atoms with Gasteiger partial charge in [0.05, 0.1) is 13.4 Å². The molecule has 0 aromatic heterocycles. The van der Waals surface area contributed by atoms with E-state index in [1.54, 1.807) is 7.05 Å². The third-order valence-electron chi connectivity index (χ3n) is 0.573. The predicted octanol–water partition coefficient (Wildman–Crippen LogP) is -0.462. The Morgan fingerprint density at radius 2 is 1.71 bits per heavy atom. The smallest absolute Gasteiger partial charge is 0.127 e. The van der Waals surface area contributed by atoms with Gasteiger partial charge in [-0.05, 0) is 15.0 Å². The molecule has 0 heterocycles. The van der Waals surface area contributed by atoms with Crippen molar-refractivity contribution in [3.63, 3.8) is 0 Å². The maximum absolute atomic E-state index is 5.19. The van der Waals surface area contributed by atoms with Gasteiger partial charge in [0.25, 0.3) is 0 Å².